The van der Waals surface area contributed by atoms with Crippen molar-refractivity contribution in [3.63, 3.8) is 0 Å². The van der Waals surface area contributed by atoms with Gasteiger partial charge in [-0.25, -0.2) is 4.39 Å². The monoisotopic (exact) mass is 268 g/mol. The van der Waals surface area contributed by atoms with Crippen molar-refractivity contribution in [2.75, 3.05) is 26.7 Å². The molecule has 0 fully saturated rings. The molecule has 0 aliphatic rings. The zero-order chi connectivity index (χ0) is 14.3. The van der Waals surface area contributed by atoms with Crippen molar-refractivity contribution in [1.82, 2.24) is 10.2 Å². The van der Waals surface area contributed by atoms with Gasteiger partial charge in [0, 0.05) is 18.2 Å². The van der Waals surface area contributed by atoms with E-state index in [0.29, 0.717) is 18.2 Å². The molecule has 0 aliphatic carbocycles. The predicted octanol–water partition coefficient (Wildman–Crippen LogP) is 2.18. The third-order valence-corrected chi connectivity index (χ3v) is 3.35. The summed E-state index contributed by atoms with van der Waals surface area (Å²) in [5.41, 5.74) is 0.356. The van der Waals surface area contributed by atoms with Gasteiger partial charge in [-0.2, -0.15) is 0 Å². The first-order chi connectivity index (χ1) is 9.02. The van der Waals surface area contributed by atoms with Crippen molar-refractivity contribution in [3.8, 4) is 0 Å². The Labute approximate surface area is 115 Å². The maximum absolute atomic E-state index is 13.4. The van der Waals surface area contributed by atoms with E-state index in [1.165, 1.54) is 6.07 Å². The van der Waals surface area contributed by atoms with Crippen LogP contribution in [0.2, 0.25) is 0 Å². The van der Waals surface area contributed by atoms with E-state index in [-0.39, 0.29) is 5.82 Å². The van der Waals surface area contributed by atoms with E-state index in [4.69, 9.17) is 0 Å². The summed E-state index contributed by atoms with van der Waals surface area (Å²) in [6.45, 7) is 6.54. The second kappa shape index (κ2) is 8.25. The van der Waals surface area contributed by atoms with E-state index < -0.39 is 6.10 Å². The second-order valence-electron chi connectivity index (χ2n) is 5.17. The fourth-order valence-corrected chi connectivity index (χ4v) is 1.81. The summed E-state index contributed by atoms with van der Waals surface area (Å²) in [5, 5.41) is 13.0. The Morgan fingerprint density at radius 1 is 1.32 bits per heavy atom. The number of nitrogens with zero attached hydrogens (tertiary/aromatic N) is 1. The number of hydrogen-bond acceptors (Lipinski definition) is 3. The molecule has 0 saturated heterocycles. The van der Waals surface area contributed by atoms with Crippen molar-refractivity contribution in [3.05, 3.63) is 35.6 Å². The maximum atomic E-state index is 13.4. The zero-order valence-corrected chi connectivity index (χ0v) is 12.1. The van der Waals surface area contributed by atoms with E-state index in [2.05, 4.69) is 31.1 Å². The third kappa shape index (κ3) is 5.68. The second-order valence-corrected chi connectivity index (χ2v) is 5.17. The smallest absolute Gasteiger partial charge is 0.129 e. The molecule has 1 aromatic carbocycles. The van der Waals surface area contributed by atoms with Crippen LogP contribution in [0.5, 0.6) is 0 Å². The minimum absolute atomic E-state index is 0.351. The minimum atomic E-state index is -0.788. The topological polar surface area (TPSA) is 35.5 Å². The average Bonchev–Trinajstić information content (AvgIpc) is 2.38. The van der Waals surface area contributed by atoms with E-state index in [0.717, 1.165) is 19.5 Å². The molecule has 19 heavy (non-hydrogen) atoms. The highest BCUT2D eigenvalue weighted by Gasteiger charge is 2.11. The fraction of sp³-hybridized carbons (Fsp3) is 0.600. The van der Waals surface area contributed by atoms with Gasteiger partial charge in [-0.3, -0.25) is 0 Å². The molecule has 0 bridgehead atoms. The summed E-state index contributed by atoms with van der Waals surface area (Å²) < 4.78 is 13.4. The lowest BCUT2D eigenvalue weighted by molar-refractivity contribution is 0.169. The summed E-state index contributed by atoms with van der Waals surface area (Å²) in [5.74, 6) is -0.351. The number of rotatable bonds is 8. The quantitative estimate of drug-likeness (QED) is 0.709. The molecular weight excluding hydrogens is 243 g/mol. The Balaban J connectivity index is 2.21. The lowest BCUT2D eigenvalue weighted by atomic mass is 10.1. The van der Waals surface area contributed by atoms with E-state index >= 15 is 0 Å². The lowest BCUT2D eigenvalue weighted by Crippen LogP contribution is -2.30. The Hall–Kier alpha value is -0.970. The number of halogens is 1. The molecule has 0 heterocycles. The summed E-state index contributed by atoms with van der Waals surface area (Å²) in [6.07, 6.45) is 0.225. The van der Waals surface area contributed by atoms with Crippen LogP contribution in [0.15, 0.2) is 24.3 Å². The first-order valence-corrected chi connectivity index (χ1v) is 6.85. The van der Waals surface area contributed by atoms with Crippen LogP contribution in [0.3, 0.4) is 0 Å². The van der Waals surface area contributed by atoms with E-state index in [9.17, 15) is 9.50 Å². The molecule has 0 saturated carbocycles. The SMILES string of the molecule is CC(C)N(C)CCCNCC(O)c1ccccc1F. The molecule has 1 atom stereocenters. The van der Waals surface area contributed by atoms with Gasteiger partial charge >= 0.3 is 0 Å². The molecule has 1 rings (SSSR count). The van der Waals surface area contributed by atoms with Crippen LogP contribution in [-0.4, -0.2) is 42.7 Å². The third-order valence-electron chi connectivity index (χ3n) is 3.35. The normalized spacial score (nSPS) is 13.2. The van der Waals surface area contributed by atoms with Gasteiger partial charge in [0.1, 0.15) is 5.82 Å². The zero-order valence-electron chi connectivity index (χ0n) is 12.1. The predicted molar refractivity (Wildman–Crippen MR) is 76.6 cm³/mol. The van der Waals surface area contributed by atoms with Crippen LogP contribution in [-0.2, 0) is 0 Å². The largest absolute Gasteiger partial charge is 0.387 e. The number of hydrogen-bond donors (Lipinski definition) is 2. The molecule has 2 N–H and O–H groups in total. The summed E-state index contributed by atoms with van der Waals surface area (Å²) in [4.78, 5) is 2.27. The molecule has 0 aromatic heterocycles. The minimum Gasteiger partial charge on any atom is -0.387 e. The molecule has 1 unspecified atom stereocenters. The van der Waals surface area contributed by atoms with Gasteiger partial charge in [0.05, 0.1) is 6.10 Å². The van der Waals surface area contributed by atoms with Crippen molar-refractivity contribution < 1.29 is 9.50 Å². The van der Waals surface area contributed by atoms with Crippen molar-refractivity contribution in [2.45, 2.75) is 32.4 Å². The van der Waals surface area contributed by atoms with Crippen molar-refractivity contribution in [1.29, 1.82) is 0 Å². The highest BCUT2D eigenvalue weighted by atomic mass is 19.1. The Morgan fingerprint density at radius 2 is 2.00 bits per heavy atom. The van der Waals surface area contributed by atoms with Crippen molar-refractivity contribution in [2.24, 2.45) is 0 Å². The van der Waals surface area contributed by atoms with Gasteiger partial charge in [0.25, 0.3) is 0 Å². The molecule has 108 valence electrons. The highest BCUT2D eigenvalue weighted by molar-refractivity contribution is 5.19. The Morgan fingerprint density at radius 3 is 2.63 bits per heavy atom. The standard InChI is InChI=1S/C15H25FN2O/c1-12(2)18(3)10-6-9-17-11-15(19)13-7-4-5-8-14(13)16/h4-5,7-8,12,15,17,19H,6,9-11H2,1-3H3. The summed E-state index contributed by atoms with van der Waals surface area (Å²) in [7, 11) is 2.10. The lowest BCUT2D eigenvalue weighted by Gasteiger charge is -2.21. The van der Waals surface area contributed by atoms with E-state index in [1.54, 1.807) is 18.2 Å². The van der Waals surface area contributed by atoms with Crippen LogP contribution < -0.4 is 5.32 Å². The first kappa shape index (κ1) is 16.1. The van der Waals surface area contributed by atoms with Crippen LogP contribution in [0.25, 0.3) is 0 Å². The van der Waals surface area contributed by atoms with Gasteiger partial charge in [-0.15, -0.1) is 0 Å². The molecule has 0 aliphatic heterocycles. The Kier molecular flexibility index (Phi) is 6.99. The number of nitrogens with one attached hydrogen (secondary N) is 1. The number of benzene rings is 1. The van der Waals surface area contributed by atoms with Crippen molar-refractivity contribution >= 4 is 0 Å². The van der Waals surface area contributed by atoms with Crippen LogP contribution in [0.4, 0.5) is 4.39 Å². The van der Waals surface area contributed by atoms with Gasteiger partial charge in [-0.05, 0) is 46.5 Å². The molecule has 0 amide bonds. The molecule has 0 spiro atoms. The molecule has 3 nitrogen and oxygen atoms in total. The maximum Gasteiger partial charge on any atom is 0.129 e. The summed E-state index contributed by atoms with van der Waals surface area (Å²) >= 11 is 0. The average molecular weight is 268 g/mol. The van der Waals surface area contributed by atoms with Crippen LogP contribution in [0, 0.1) is 5.82 Å². The Bertz CT molecular complexity index is 371. The number of aliphatic hydroxyl groups is 1. The molecule has 0 radical (unpaired) electrons. The molecule has 1 aromatic rings. The summed E-state index contributed by atoms with van der Waals surface area (Å²) in [6, 6.07) is 6.90. The van der Waals surface area contributed by atoms with Gasteiger partial charge in [0.2, 0.25) is 0 Å². The van der Waals surface area contributed by atoms with Crippen LogP contribution >= 0.6 is 0 Å². The first-order valence-electron chi connectivity index (χ1n) is 6.85. The van der Waals surface area contributed by atoms with Crippen LogP contribution in [0.1, 0.15) is 31.9 Å². The molecular formula is C15H25FN2O. The number of aliphatic hydroxyl groups excluding tert-OH is 1. The fourth-order valence-electron chi connectivity index (χ4n) is 1.81. The van der Waals surface area contributed by atoms with E-state index in [1.807, 2.05) is 0 Å². The molecule has 4 heteroatoms. The van der Waals surface area contributed by atoms with Gasteiger partial charge in [-0.1, -0.05) is 18.2 Å². The van der Waals surface area contributed by atoms with Gasteiger partial charge in [0.15, 0.2) is 0 Å². The van der Waals surface area contributed by atoms with Gasteiger partial charge < -0.3 is 15.3 Å². The highest BCUT2D eigenvalue weighted by Crippen LogP contribution is 2.15.